The van der Waals surface area contributed by atoms with Gasteiger partial charge in [-0.05, 0) is 67.6 Å². The molecule has 0 saturated carbocycles. The second-order valence-electron chi connectivity index (χ2n) is 9.79. The fraction of sp³-hybridized carbons (Fsp3) is 0.156. The van der Waals surface area contributed by atoms with E-state index in [0.717, 1.165) is 22.1 Å². The van der Waals surface area contributed by atoms with Gasteiger partial charge in [-0.2, -0.15) is 0 Å². The molecular weight excluding hydrogens is 476 g/mol. The second-order valence-corrected chi connectivity index (χ2v) is 9.79. The summed E-state index contributed by atoms with van der Waals surface area (Å²) in [4.78, 5) is 40.9. The molecule has 4 aromatic rings. The predicted octanol–water partition coefficient (Wildman–Crippen LogP) is 6.73. The van der Waals surface area contributed by atoms with Gasteiger partial charge in [-0.1, -0.05) is 60.2 Å². The first kappa shape index (κ1) is 23.7. The van der Waals surface area contributed by atoms with E-state index in [1.807, 2.05) is 55.5 Å². The fourth-order valence-electron chi connectivity index (χ4n) is 5.35. The Kier molecular flexibility index (Phi) is 6.00. The number of carbonyl (C=O) groups is 3. The van der Waals surface area contributed by atoms with Crippen LogP contribution in [0.25, 0.3) is 10.8 Å². The molecule has 2 atom stereocenters. The molecule has 2 aliphatic rings. The van der Waals surface area contributed by atoms with Crippen molar-refractivity contribution >= 4 is 39.9 Å². The Bertz CT molecular complexity index is 1600. The summed E-state index contributed by atoms with van der Waals surface area (Å²) in [6.45, 7) is 1.98. The van der Waals surface area contributed by atoms with Crippen molar-refractivity contribution in [3.8, 4) is 11.5 Å². The van der Waals surface area contributed by atoms with Crippen molar-refractivity contribution in [2.24, 2.45) is 11.8 Å². The predicted molar refractivity (Wildman–Crippen MR) is 147 cm³/mol. The Morgan fingerprint density at radius 3 is 2.39 bits per heavy atom. The largest absolute Gasteiger partial charge is 0.457 e. The normalized spacial score (nSPS) is 18.8. The van der Waals surface area contributed by atoms with Gasteiger partial charge in [-0.25, -0.2) is 4.90 Å². The number of imide groups is 1. The van der Waals surface area contributed by atoms with E-state index in [4.69, 9.17) is 4.74 Å². The molecule has 0 radical (unpaired) electrons. The van der Waals surface area contributed by atoms with E-state index >= 15 is 0 Å². The lowest BCUT2D eigenvalue weighted by molar-refractivity contribution is -0.122. The summed E-state index contributed by atoms with van der Waals surface area (Å²) in [6.07, 6.45) is 3.16. The highest BCUT2D eigenvalue weighted by atomic mass is 16.5. The van der Waals surface area contributed by atoms with Crippen LogP contribution in [0.5, 0.6) is 11.5 Å². The first-order chi connectivity index (χ1) is 18.5. The van der Waals surface area contributed by atoms with Crippen LogP contribution in [-0.2, 0) is 9.59 Å². The number of benzene rings is 4. The van der Waals surface area contributed by atoms with Crippen LogP contribution in [0.4, 0.5) is 11.4 Å². The van der Waals surface area contributed by atoms with Crippen molar-refractivity contribution in [2.75, 3.05) is 10.2 Å². The maximum absolute atomic E-state index is 13.3. The van der Waals surface area contributed by atoms with E-state index < -0.39 is 5.91 Å². The molecule has 3 amide bonds. The van der Waals surface area contributed by atoms with E-state index in [9.17, 15) is 14.4 Å². The Labute approximate surface area is 220 Å². The molecule has 0 bridgehead atoms. The smallest absolute Gasteiger partial charge is 0.257 e. The zero-order chi connectivity index (χ0) is 26.2. The first-order valence-electron chi connectivity index (χ1n) is 12.7. The molecule has 1 N–H and O–H groups in total. The summed E-state index contributed by atoms with van der Waals surface area (Å²) in [7, 11) is 0. The second kappa shape index (κ2) is 9.63. The van der Waals surface area contributed by atoms with Gasteiger partial charge in [0.1, 0.15) is 11.5 Å². The third kappa shape index (κ3) is 4.24. The molecule has 1 aliphatic heterocycles. The standard InChI is InChI=1S/C32H26N2O4/c1-20-13-18-25-27(19-20)32(37)34(31(25)36)28-11-5-4-10-26(28)30(35)33-22-14-16-23(17-15-22)38-29-12-6-8-21-7-2-3-9-24(21)29/h2-17,25,27H,18-19H2,1H3,(H,33,35)/t25-,27-/m1/s1. The molecule has 1 saturated heterocycles. The number of nitrogens with zero attached hydrogens (tertiary/aromatic N) is 1. The highest BCUT2D eigenvalue weighted by Gasteiger charge is 2.49. The molecule has 1 fully saturated rings. The number of allylic oxidation sites excluding steroid dienone is 2. The summed E-state index contributed by atoms with van der Waals surface area (Å²) >= 11 is 0. The summed E-state index contributed by atoms with van der Waals surface area (Å²) in [5.41, 5.74) is 2.28. The first-order valence-corrected chi connectivity index (χ1v) is 12.7. The van der Waals surface area contributed by atoms with Crippen molar-refractivity contribution in [2.45, 2.75) is 19.8 Å². The lowest BCUT2D eigenvalue weighted by Gasteiger charge is -2.19. The quantitative estimate of drug-likeness (QED) is 0.243. The summed E-state index contributed by atoms with van der Waals surface area (Å²) in [6, 6.07) is 27.8. The van der Waals surface area contributed by atoms with Gasteiger partial charge in [-0.15, -0.1) is 0 Å². The molecule has 1 heterocycles. The Morgan fingerprint density at radius 1 is 0.842 bits per heavy atom. The van der Waals surface area contributed by atoms with Crippen LogP contribution in [0.1, 0.15) is 30.1 Å². The van der Waals surface area contributed by atoms with E-state index in [-0.39, 0.29) is 29.2 Å². The van der Waals surface area contributed by atoms with Crippen LogP contribution in [0.15, 0.2) is 103 Å². The Balaban J connectivity index is 1.20. The number of para-hydroxylation sites is 1. The summed E-state index contributed by atoms with van der Waals surface area (Å²) < 4.78 is 6.10. The van der Waals surface area contributed by atoms with E-state index in [0.29, 0.717) is 30.0 Å². The molecule has 0 unspecified atom stereocenters. The van der Waals surface area contributed by atoms with Crippen molar-refractivity contribution in [3.63, 3.8) is 0 Å². The van der Waals surface area contributed by atoms with Crippen molar-refractivity contribution in [1.29, 1.82) is 0 Å². The van der Waals surface area contributed by atoms with Gasteiger partial charge in [0.15, 0.2) is 0 Å². The Morgan fingerprint density at radius 2 is 1.55 bits per heavy atom. The van der Waals surface area contributed by atoms with E-state index in [2.05, 4.69) is 5.32 Å². The van der Waals surface area contributed by atoms with Crippen LogP contribution in [0, 0.1) is 11.8 Å². The lowest BCUT2D eigenvalue weighted by Crippen LogP contribution is -2.33. The van der Waals surface area contributed by atoms with Gasteiger partial charge < -0.3 is 10.1 Å². The van der Waals surface area contributed by atoms with Gasteiger partial charge in [0.05, 0.1) is 23.1 Å². The lowest BCUT2D eigenvalue weighted by atomic mass is 9.82. The van der Waals surface area contributed by atoms with Gasteiger partial charge in [0, 0.05) is 11.1 Å². The van der Waals surface area contributed by atoms with Crippen molar-refractivity contribution in [1.82, 2.24) is 0 Å². The molecule has 0 spiro atoms. The minimum absolute atomic E-state index is 0.234. The molecule has 188 valence electrons. The van der Waals surface area contributed by atoms with Crippen molar-refractivity contribution in [3.05, 3.63) is 108 Å². The average molecular weight is 503 g/mol. The minimum atomic E-state index is -0.395. The number of fused-ring (bicyclic) bond motifs is 2. The van der Waals surface area contributed by atoms with Gasteiger partial charge in [0.2, 0.25) is 11.8 Å². The van der Waals surface area contributed by atoms with Gasteiger partial charge in [-0.3, -0.25) is 14.4 Å². The van der Waals surface area contributed by atoms with Crippen LogP contribution in [0.2, 0.25) is 0 Å². The van der Waals surface area contributed by atoms with Gasteiger partial charge >= 0.3 is 0 Å². The number of amides is 3. The molecule has 0 aromatic heterocycles. The molecule has 4 aromatic carbocycles. The third-order valence-corrected chi connectivity index (χ3v) is 7.30. The van der Waals surface area contributed by atoms with Crippen LogP contribution < -0.4 is 15.0 Å². The molecule has 6 rings (SSSR count). The summed E-state index contributed by atoms with van der Waals surface area (Å²) in [5.74, 6) is -0.205. The zero-order valence-corrected chi connectivity index (χ0v) is 20.9. The monoisotopic (exact) mass is 502 g/mol. The maximum Gasteiger partial charge on any atom is 0.257 e. The fourth-order valence-corrected chi connectivity index (χ4v) is 5.35. The molecule has 6 nitrogen and oxygen atoms in total. The molecular formula is C32H26N2O4. The number of hydrogen-bond acceptors (Lipinski definition) is 4. The van der Waals surface area contributed by atoms with Crippen LogP contribution in [0.3, 0.4) is 0 Å². The molecule has 38 heavy (non-hydrogen) atoms. The summed E-state index contributed by atoms with van der Waals surface area (Å²) in [5, 5.41) is 4.99. The number of anilines is 2. The number of carbonyl (C=O) groups excluding carboxylic acids is 3. The average Bonchev–Trinajstić information content (AvgIpc) is 3.18. The van der Waals surface area contributed by atoms with E-state index in [1.165, 1.54) is 4.90 Å². The maximum atomic E-state index is 13.3. The number of hydrogen-bond donors (Lipinski definition) is 1. The molecule has 6 heteroatoms. The minimum Gasteiger partial charge on any atom is -0.457 e. The van der Waals surface area contributed by atoms with E-state index in [1.54, 1.807) is 48.5 Å². The van der Waals surface area contributed by atoms with Crippen LogP contribution in [-0.4, -0.2) is 17.7 Å². The number of ether oxygens (including phenoxy) is 1. The highest BCUT2D eigenvalue weighted by Crippen LogP contribution is 2.40. The SMILES string of the molecule is CC1=CC[C@H]2C(=O)N(c3ccccc3C(=O)Nc3ccc(Oc4cccc5ccccc45)cc3)C(=O)[C@@H]2C1. The number of nitrogens with one attached hydrogen (secondary N) is 1. The highest BCUT2D eigenvalue weighted by molar-refractivity contribution is 6.25. The van der Waals surface area contributed by atoms with Crippen molar-refractivity contribution < 1.29 is 19.1 Å². The topological polar surface area (TPSA) is 75.7 Å². The third-order valence-electron chi connectivity index (χ3n) is 7.30. The van der Waals surface area contributed by atoms with Gasteiger partial charge in [0.25, 0.3) is 5.91 Å². The molecule has 1 aliphatic carbocycles. The zero-order valence-electron chi connectivity index (χ0n) is 20.9. The van der Waals surface area contributed by atoms with Crippen LogP contribution >= 0.6 is 0 Å². The number of rotatable bonds is 5. The Hall–Kier alpha value is -4.71.